The van der Waals surface area contributed by atoms with Crippen LogP contribution in [0.5, 0.6) is 0 Å². The van der Waals surface area contributed by atoms with Gasteiger partial charge >= 0.3 is 12.1 Å². The number of rotatable bonds is 5. The number of hydrogen-bond donors (Lipinski definition) is 0. The summed E-state index contributed by atoms with van der Waals surface area (Å²) < 4.78 is 15.8. The Labute approximate surface area is 154 Å². The molecule has 2 rings (SSSR count). The third kappa shape index (κ3) is 3.65. The first-order valence-electron chi connectivity index (χ1n) is 9.17. The van der Waals surface area contributed by atoms with Crippen molar-refractivity contribution in [2.75, 3.05) is 40.5 Å². The van der Waals surface area contributed by atoms with E-state index >= 15 is 0 Å². The quantitative estimate of drug-likeness (QED) is 0.678. The molecule has 0 aromatic rings. The Morgan fingerprint density at radius 2 is 1.85 bits per heavy atom. The zero-order valence-electron chi connectivity index (χ0n) is 16.3. The number of hydrogen-bond acceptors (Lipinski definition) is 6. The number of carbonyl (C=O) groups excluding carboxylic acids is 3. The van der Waals surface area contributed by atoms with Gasteiger partial charge in [-0.05, 0) is 25.7 Å². The Kier molecular flexibility index (Phi) is 6.49. The Balaban J connectivity index is 2.15. The number of ether oxygens (including phenoxy) is 3. The van der Waals surface area contributed by atoms with Gasteiger partial charge in [0.15, 0.2) is 6.10 Å². The molecule has 0 unspecified atom stereocenters. The maximum Gasteiger partial charge on any atom is 0.409 e. The summed E-state index contributed by atoms with van der Waals surface area (Å²) in [6.07, 6.45) is -0.236. The summed E-state index contributed by atoms with van der Waals surface area (Å²) in [5.74, 6) is -1.07. The molecule has 2 fully saturated rings. The SMILES string of the molecule is CCOC(=O)[C@@H]1[C@@H](OC)C(=O)N(C)C12CCN(C(=O)OCC(C)C)CC2. The maximum atomic E-state index is 12.6. The third-order valence-corrected chi connectivity index (χ3v) is 5.35. The van der Waals surface area contributed by atoms with Crippen LogP contribution in [0.4, 0.5) is 4.79 Å². The van der Waals surface area contributed by atoms with E-state index in [1.807, 2.05) is 13.8 Å². The van der Waals surface area contributed by atoms with E-state index in [2.05, 4.69) is 0 Å². The van der Waals surface area contributed by atoms with Gasteiger partial charge in [-0.1, -0.05) is 13.8 Å². The first-order chi connectivity index (χ1) is 12.3. The predicted octanol–water partition coefficient (Wildman–Crippen LogP) is 1.28. The van der Waals surface area contributed by atoms with E-state index in [1.54, 1.807) is 23.8 Å². The van der Waals surface area contributed by atoms with Crippen molar-refractivity contribution in [3.63, 3.8) is 0 Å². The smallest absolute Gasteiger partial charge is 0.409 e. The highest BCUT2D eigenvalue weighted by Gasteiger charge is 2.62. The summed E-state index contributed by atoms with van der Waals surface area (Å²) in [6, 6.07) is 0. The molecule has 0 aliphatic carbocycles. The summed E-state index contributed by atoms with van der Waals surface area (Å²) in [7, 11) is 3.13. The number of likely N-dealkylation sites (tertiary alicyclic amines) is 2. The van der Waals surface area contributed by atoms with Crippen molar-refractivity contribution in [1.29, 1.82) is 0 Å². The van der Waals surface area contributed by atoms with E-state index in [4.69, 9.17) is 14.2 Å². The topological polar surface area (TPSA) is 85.4 Å². The highest BCUT2D eigenvalue weighted by Crippen LogP contribution is 2.44. The predicted molar refractivity (Wildman–Crippen MR) is 93.4 cm³/mol. The first-order valence-corrected chi connectivity index (χ1v) is 9.17. The van der Waals surface area contributed by atoms with Crippen molar-refractivity contribution in [3.05, 3.63) is 0 Å². The fraction of sp³-hybridized carbons (Fsp3) is 0.833. The average molecular weight is 370 g/mol. The second-order valence-corrected chi connectivity index (χ2v) is 7.34. The highest BCUT2D eigenvalue weighted by atomic mass is 16.6. The number of nitrogens with zero attached hydrogens (tertiary/aromatic N) is 2. The zero-order valence-corrected chi connectivity index (χ0v) is 16.3. The van der Waals surface area contributed by atoms with Gasteiger partial charge in [0.05, 0.1) is 18.8 Å². The first kappa shape index (κ1) is 20.5. The molecule has 2 aliphatic heterocycles. The van der Waals surface area contributed by atoms with Crippen LogP contribution < -0.4 is 0 Å². The lowest BCUT2D eigenvalue weighted by atomic mass is 9.76. The molecule has 0 aromatic carbocycles. The molecule has 2 aliphatic rings. The van der Waals surface area contributed by atoms with Gasteiger partial charge in [-0.3, -0.25) is 9.59 Å². The number of amides is 2. The standard InChI is InChI=1S/C18H30N2O6/c1-6-25-16(22)13-14(24-5)15(21)19(4)18(13)7-9-20(10-8-18)17(23)26-11-12(2)3/h12-14H,6-11H2,1-5H3/t13-,14+/m0/s1. The van der Waals surface area contributed by atoms with Gasteiger partial charge in [0, 0.05) is 27.2 Å². The van der Waals surface area contributed by atoms with Crippen LogP contribution in [0.1, 0.15) is 33.6 Å². The minimum atomic E-state index is -0.849. The lowest BCUT2D eigenvalue weighted by Gasteiger charge is -2.45. The molecule has 0 saturated carbocycles. The summed E-state index contributed by atoms with van der Waals surface area (Å²) in [5.41, 5.74) is -0.696. The molecule has 2 atom stereocenters. The molecule has 8 nitrogen and oxygen atoms in total. The number of carbonyl (C=O) groups is 3. The van der Waals surface area contributed by atoms with Gasteiger partial charge < -0.3 is 24.0 Å². The van der Waals surface area contributed by atoms with Crippen LogP contribution in [-0.2, 0) is 23.8 Å². The van der Waals surface area contributed by atoms with E-state index in [0.717, 1.165) is 0 Å². The van der Waals surface area contributed by atoms with Crippen LogP contribution in [0.2, 0.25) is 0 Å². The van der Waals surface area contributed by atoms with Crippen molar-refractivity contribution >= 4 is 18.0 Å². The Hall–Kier alpha value is -1.83. The fourth-order valence-electron chi connectivity index (χ4n) is 3.91. The molecule has 2 saturated heterocycles. The molecule has 0 bridgehead atoms. The van der Waals surface area contributed by atoms with Crippen LogP contribution in [0.25, 0.3) is 0 Å². The van der Waals surface area contributed by atoms with Crippen LogP contribution in [0, 0.1) is 11.8 Å². The molecule has 0 radical (unpaired) electrons. The van der Waals surface area contributed by atoms with Crippen molar-refractivity contribution < 1.29 is 28.6 Å². The number of esters is 1. The van der Waals surface area contributed by atoms with E-state index < -0.39 is 23.5 Å². The second kappa shape index (κ2) is 8.24. The molecule has 0 N–H and O–H groups in total. The average Bonchev–Trinajstić information content (AvgIpc) is 2.82. The van der Waals surface area contributed by atoms with E-state index in [-0.39, 0.29) is 24.5 Å². The second-order valence-electron chi connectivity index (χ2n) is 7.34. The van der Waals surface area contributed by atoms with E-state index in [1.165, 1.54) is 7.11 Å². The van der Waals surface area contributed by atoms with Gasteiger partial charge in [-0.2, -0.15) is 0 Å². The largest absolute Gasteiger partial charge is 0.466 e. The van der Waals surface area contributed by atoms with Gasteiger partial charge in [-0.15, -0.1) is 0 Å². The van der Waals surface area contributed by atoms with E-state index in [0.29, 0.717) is 32.5 Å². The normalized spacial score (nSPS) is 25.1. The van der Waals surface area contributed by atoms with Crippen LogP contribution in [0.3, 0.4) is 0 Å². The summed E-state index contributed by atoms with van der Waals surface area (Å²) in [6.45, 7) is 7.14. The van der Waals surface area contributed by atoms with Gasteiger partial charge in [0.25, 0.3) is 5.91 Å². The molecule has 26 heavy (non-hydrogen) atoms. The molecule has 148 valence electrons. The molecular formula is C18H30N2O6. The Morgan fingerprint density at radius 3 is 2.35 bits per heavy atom. The zero-order chi connectivity index (χ0) is 19.5. The van der Waals surface area contributed by atoms with Crippen molar-refractivity contribution in [2.24, 2.45) is 11.8 Å². The molecule has 0 aromatic heterocycles. The molecule has 2 heterocycles. The third-order valence-electron chi connectivity index (χ3n) is 5.35. The molecular weight excluding hydrogens is 340 g/mol. The van der Waals surface area contributed by atoms with Crippen LogP contribution in [0.15, 0.2) is 0 Å². The lowest BCUT2D eigenvalue weighted by molar-refractivity contribution is -0.157. The highest BCUT2D eigenvalue weighted by molar-refractivity contribution is 5.93. The van der Waals surface area contributed by atoms with Crippen molar-refractivity contribution in [2.45, 2.75) is 45.3 Å². The molecule has 2 amide bonds. The van der Waals surface area contributed by atoms with Crippen LogP contribution >= 0.6 is 0 Å². The Bertz CT molecular complexity index is 542. The van der Waals surface area contributed by atoms with Crippen molar-refractivity contribution in [1.82, 2.24) is 9.80 Å². The fourth-order valence-corrected chi connectivity index (χ4v) is 3.91. The molecule has 8 heteroatoms. The minimum absolute atomic E-state index is 0.221. The summed E-state index contributed by atoms with van der Waals surface area (Å²) in [4.78, 5) is 40.6. The van der Waals surface area contributed by atoms with E-state index in [9.17, 15) is 14.4 Å². The Morgan fingerprint density at radius 1 is 1.23 bits per heavy atom. The summed E-state index contributed by atoms with van der Waals surface area (Å²) >= 11 is 0. The maximum absolute atomic E-state index is 12.6. The van der Waals surface area contributed by atoms with Gasteiger partial charge in [0.1, 0.15) is 5.92 Å². The lowest BCUT2D eigenvalue weighted by Crippen LogP contribution is -2.57. The monoisotopic (exact) mass is 370 g/mol. The minimum Gasteiger partial charge on any atom is -0.466 e. The van der Waals surface area contributed by atoms with Gasteiger partial charge in [0.2, 0.25) is 0 Å². The van der Waals surface area contributed by atoms with Gasteiger partial charge in [-0.25, -0.2) is 4.79 Å². The number of methoxy groups -OCH3 is 1. The number of piperidine rings is 1. The number of likely N-dealkylation sites (N-methyl/N-ethyl adjacent to an activating group) is 1. The van der Waals surface area contributed by atoms with Crippen LogP contribution in [-0.4, -0.2) is 79.9 Å². The summed E-state index contributed by atoms with van der Waals surface area (Å²) in [5, 5.41) is 0. The van der Waals surface area contributed by atoms with Crippen molar-refractivity contribution in [3.8, 4) is 0 Å². The molecule has 1 spiro atoms.